The fourth-order valence-electron chi connectivity index (χ4n) is 4.55. The van der Waals surface area contributed by atoms with Gasteiger partial charge < -0.3 is 24.3 Å². The van der Waals surface area contributed by atoms with E-state index in [0.29, 0.717) is 50.2 Å². The van der Waals surface area contributed by atoms with E-state index < -0.39 is 17.7 Å². The molecule has 1 atom stereocenters. The van der Waals surface area contributed by atoms with Crippen LogP contribution < -0.4 is 19.5 Å². The SMILES string of the molecule is COc1cc2ncc(C#N)c(CC(=O)c3cncc(OC[C@H](Cc4ccc(Cl)c(Cl)c4)NC(=O)OC(C)(C)C)c3)c2cc1OC. The number of nitriles is 1. The molecular weight excluding hydrogens is 619 g/mol. The molecule has 234 valence electrons. The lowest BCUT2D eigenvalue weighted by atomic mass is 9.96. The highest BCUT2D eigenvalue weighted by Gasteiger charge is 2.22. The van der Waals surface area contributed by atoms with Crippen LogP contribution >= 0.6 is 23.2 Å². The lowest BCUT2D eigenvalue weighted by molar-refractivity contribution is 0.0487. The number of ether oxygens (including phenoxy) is 4. The number of alkyl carbamates (subject to hydrolysis) is 1. The summed E-state index contributed by atoms with van der Waals surface area (Å²) in [6, 6.07) is 11.8. The van der Waals surface area contributed by atoms with E-state index in [1.165, 1.54) is 32.8 Å². The normalized spacial score (nSPS) is 11.8. The smallest absolute Gasteiger partial charge is 0.408 e. The number of nitrogens with one attached hydrogen (secondary N) is 1. The van der Waals surface area contributed by atoms with Gasteiger partial charge in [0.15, 0.2) is 17.3 Å². The van der Waals surface area contributed by atoms with Crippen LogP contribution in [0.3, 0.4) is 0 Å². The number of halogens is 2. The fraction of sp³-hybridized carbons (Fsp3) is 0.303. The molecule has 4 aromatic rings. The van der Waals surface area contributed by atoms with E-state index in [1.54, 1.807) is 51.1 Å². The van der Waals surface area contributed by atoms with Crippen molar-refractivity contribution >= 4 is 46.0 Å². The Bertz CT molecular complexity index is 1770. The maximum Gasteiger partial charge on any atom is 0.408 e. The van der Waals surface area contributed by atoms with E-state index in [0.717, 1.165) is 5.56 Å². The Labute approximate surface area is 271 Å². The molecule has 45 heavy (non-hydrogen) atoms. The van der Waals surface area contributed by atoms with Gasteiger partial charge in [-0.25, -0.2) is 4.79 Å². The molecule has 0 fully saturated rings. The third-order valence-electron chi connectivity index (χ3n) is 6.62. The summed E-state index contributed by atoms with van der Waals surface area (Å²) >= 11 is 12.3. The van der Waals surface area contributed by atoms with Crippen molar-refractivity contribution in [1.29, 1.82) is 5.26 Å². The predicted molar refractivity (Wildman–Crippen MR) is 171 cm³/mol. The van der Waals surface area contributed by atoms with E-state index in [9.17, 15) is 14.9 Å². The molecule has 0 spiro atoms. The Morgan fingerprint density at radius 3 is 2.40 bits per heavy atom. The zero-order valence-corrected chi connectivity index (χ0v) is 27.0. The summed E-state index contributed by atoms with van der Waals surface area (Å²) in [6.07, 6.45) is 4.00. The molecule has 0 unspecified atom stereocenters. The van der Waals surface area contributed by atoms with Crippen molar-refractivity contribution in [3.8, 4) is 23.3 Å². The van der Waals surface area contributed by atoms with E-state index in [4.69, 9.17) is 42.1 Å². The highest BCUT2D eigenvalue weighted by molar-refractivity contribution is 6.42. The molecule has 12 heteroatoms. The molecule has 10 nitrogen and oxygen atoms in total. The van der Waals surface area contributed by atoms with Crippen LogP contribution in [-0.4, -0.2) is 54.3 Å². The van der Waals surface area contributed by atoms with E-state index in [1.807, 2.05) is 6.07 Å². The number of benzene rings is 2. The summed E-state index contributed by atoms with van der Waals surface area (Å²) in [7, 11) is 3.02. The summed E-state index contributed by atoms with van der Waals surface area (Å²) in [5.41, 5.74) is 1.73. The molecule has 0 aliphatic heterocycles. The number of amides is 1. The highest BCUT2D eigenvalue weighted by Crippen LogP contribution is 2.34. The monoisotopic (exact) mass is 650 g/mol. The van der Waals surface area contributed by atoms with Crippen molar-refractivity contribution in [3.63, 3.8) is 0 Å². The molecule has 0 radical (unpaired) electrons. The molecule has 4 rings (SSSR count). The quantitative estimate of drug-likeness (QED) is 0.175. The molecule has 0 aliphatic rings. The second-order valence-corrected chi connectivity index (χ2v) is 11.9. The van der Waals surface area contributed by atoms with Crippen molar-refractivity contribution < 1.29 is 28.5 Å². The van der Waals surface area contributed by atoms with E-state index in [2.05, 4.69) is 21.4 Å². The summed E-state index contributed by atoms with van der Waals surface area (Å²) in [5.74, 6) is 0.957. The van der Waals surface area contributed by atoms with E-state index >= 15 is 0 Å². The summed E-state index contributed by atoms with van der Waals surface area (Å²) in [4.78, 5) is 34.6. The molecular formula is C33H32Cl2N4O6. The first-order chi connectivity index (χ1) is 21.4. The summed E-state index contributed by atoms with van der Waals surface area (Å²) in [5, 5.41) is 14.0. The van der Waals surface area contributed by atoms with Crippen LogP contribution in [0, 0.1) is 11.3 Å². The van der Waals surface area contributed by atoms with Gasteiger partial charge in [0.25, 0.3) is 0 Å². The number of methoxy groups -OCH3 is 2. The number of carbonyl (C=O) groups is 2. The molecule has 2 aromatic heterocycles. The molecule has 1 amide bonds. The first kappa shape index (κ1) is 33.3. The van der Waals surface area contributed by atoms with Gasteiger partial charge in [-0.3, -0.25) is 14.8 Å². The van der Waals surface area contributed by atoms with Crippen LogP contribution in [0.25, 0.3) is 10.9 Å². The second kappa shape index (κ2) is 14.5. The van der Waals surface area contributed by atoms with Crippen molar-refractivity contribution in [2.45, 2.75) is 45.3 Å². The topological polar surface area (TPSA) is 133 Å². The van der Waals surface area contributed by atoms with Crippen LogP contribution in [0.15, 0.2) is 55.0 Å². The Morgan fingerprint density at radius 2 is 1.73 bits per heavy atom. The van der Waals surface area contributed by atoms with Crippen LogP contribution in [0.1, 0.15) is 47.8 Å². The molecule has 1 N–H and O–H groups in total. The zero-order chi connectivity index (χ0) is 32.7. The minimum absolute atomic E-state index is 0.0357. The standard InChI is InChI=1S/C33H32Cl2N4O6/c1-33(2,3)45-32(41)39-22(8-19-6-7-26(34)27(35)9-19)18-44-23-10-20(15-37-17-23)29(40)11-24-21(14-36)16-38-28-13-31(43-5)30(42-4)12-25(24)28/h6-7,9-10,12-13,15-17,22H,8,11,18H2,1-5H3,(H,39,41)/t22-/m0/s1. The molecule has 0 saturated heterocycles. The first-order valence-electron chi connectivity index (χ1n) is 13.9. The average Bonchev–Trinajstić information content (AvgIpc) is 3.00. The predicted octanol–water partition coefficient (Wildman–Crippen LogP) is 6.77. The lowest BCUT2D eigenvalue weighted by Gasteiger charge is -2.24. The third kappa shape index (κ3) is 8.75. The number of pyridine rings is 2. The number of nitrogens with zero attached hydrogens (tertiary/aromatic N) is 3. The van der Waals surface area contributed by atoms with Gasteiger partial charge in [-0.15, -0.1) is 0 Å². The van der Waals surface area contributed by atoms with Gasteiger partial charge in [0.05, 0.1) is 47.6 Å². The molecule has 2 aromatic carbocycles. The third-order valence-corrected chi connectivity index (χ3v) is 7.35. The second-order valence-electron chi connectivity index (χ2n) is 11.1. The Hall–Kier alpha value is -4.59. The number of aromatic nitrogens is 2. The number of hydrogen-bond donors (Lipinski definition) is 1. The number of hydrogen-bond acceptors (Lipinski definition) is 9. The Morgan fingerprint density at radius 1 is 1.00 bits per heavy atom. The fourth-order valence-corrected chi connectivity index (χ4v) is 4.87. The van der Waals surface area contributed by atoms with Crippen LogP contribution in [-0.2, 0) is 17.6 Å². The van der Waals surface area contributed by atoms with Crippen molar-refractivity contribution in [1.82, 2.24) is 15.3 Å². The summed E-state index contributed by atoms with van der Waals surface area (Å²) < 4.78 is 22.2. The molecule has 2 heterocycles. The zero-order valence-electron chi connectivity index (χ0n) is 25.4. The maximum atomic E-state index is 13.5. The molecule has 0 saturated carbocycles. The van der Waals surface area contributed by atoms with E-state index in [-0.39, 0.29) is 29.9 Å². The van der Waals surface area contributed by atoms with Gasteiger partial charge in [-0.1, -0.05) is 29.3 Å². The minimum Gasteiger partial charge on any atom is -0.493 e. The largest absolute Gasteiger partial charge is 0.493 e. The highest BCUT2D eigenvalue weighted by atomic mass is 35.5. The van der Waals surface area contributed by atoms with Crippen molar-refractivity contribution in [3.05, 3.63) is 87.3 Å². The summed E-state index contributed by atoms with van der Waals surface area (Å²) in [6.45, 7) is 5.35. The Balaban J connectivity index is 1.55. The van der Waals surface area contributed by atoms with Gasteiger partial charge in [-0.05, 0) is 62.6 Å². The van der Waals surface area contributed by atoms with Gasteiger partial charge in [-0.2, -0.15) is 5.26 Å². The first-order valence-corrected chi connectivity index (χ1v) is 14.6. The number of Topliss-reactive ketones (excluding diaryl/α,β-unsaturated/α-hetero) is 1. The molecule has 0 aliphatic carbocycles. The number of ketones is 1. The number of rotatable bonds is 11. The van der Waals surface area contributed by atoms with Crippen LogP contribution in [0.2, 0.25) is 10.0 Å². The average molecular weight is 652 g/mol. The van der Waals surface area contributed by atoms with Gasteiger partial charge in [0.2, 0.25) is 0 Å². The number of carbonyl (C=O) groups excluding carboxylic acids is 2. The lowest BCUT2D eigenvalue weighted by Crippen LogP contribution is -2.43. The van der Waals surface area contributed by atoms with Crippen LogP contribution in [0.5, 0.6) is 17.2 Å². The van der Waals surface area contributed by atoms with Gasteiger partial charge in [0.1, 0.15) is 24.0 Å². The Kier molecular flexibility index (Phi) is 10.7. The van der Waals surface area contributed by atoms with Crippen LogP contribution in [0.4, 0.5) is 4.79 Å². The van der Waals surface area contributed by atoms with Gasteiger partial charge in [0, 0.05) is 35.8 Å². The number of fused-ring (bicyclic) bond motifs is 1. The van der Waals surface area contributed by atoms with Crippen molar-refractivity contribution in [2.24, 2.45) is 0 Å². The minimum atomic E-state index is -0.694. The van der Waals surface area contributed by atoms with Crippen molar-refractivity contribution in [2.75, 3.05) is 20.8 Å². The van der Waals surface area contributed by atoms with Gasteiger partial charge >= 0.3 is 6.09 Å². The maximum absolute atomic E-state index is 13.5. The molecule has 0 bridgehead atoms.